The highest BCUT2D eigenvalue weighted by Gasteiger charge is 2.44. The lowest BCUT2D eigenvalue weighted by Crippen LogP contribution is -2.52. The summed E-state index contributed by atoms with van der Waals surface area (Å²) in [4.78, 5) is 11.3. The van der Waals surface area contributed by atoms with E-state index >= 15 is 0 Å². The zero-order chi connectivity index (χ0) is 15.2. The van der Waals surface area contributed by atoms with E-state index in [2.05, 4.69) is 11.3 Å². The third-order valence-electron chi connectivity index (χ3n) is 2.42. The van der Waals surface area contributed by atoms with E-state index in [1.165, 1.54) is 0 Å². The standard InChI is InChI=1S/C13H14F3NO3/c1-2-10(18)11(13(14,15)16)17-12(19)20-8-9-6-4-3-5-7-9/h2-7,10-11,18H,1,8H2,(H,17,19)/t10-,11+/m0/s1. The number of ether oxygens (including phenoxy) is 1. The number of carbonyl (C=O) groups is 1. The molecule has 20 heavy (non-hydrogen) atoms. The molecule has 0 aromatic heterocycles. The zero-order valence-electron chi connectivity index (χ0n) is 10.4. The topological polar surface area (TPSA) is 58.6 Å². The summed E-state index contributed by atoms with van der Waals surface area (Å²) in [6.45, 7) is 2.89. The van der Waals surface area contributed by atoms with E-state index < -0.39 is 24.4 Å². The number of alkyl carbamates (subject to hydrolysis) is 1. The van der Waals surface area contributed by atoms with Gasteiger partial charge in [-0.2, -0.15) is 13.2 Å². The summed E-state index contributed by atoms with van der Waals surface area (Å²) in [5, 5.41) is 10.7. The van der Waals surface area contributed by atoms with Gasteiger partial charge in [0, 0.05) is 0 Å². The number of amides is 1. The molecule has 0 bridgehead atoms. The van der Waals surface area contributed by atoms with E-state index in [4.69, 9.17) is 0 Å². The molecule has 0 fully saturated rings. The summed E-state index contributed by atoms with van der Waals surface area (Å²) in [7, 11) is 0. The molecule has 0 heterocycles. The van der Waals surface area contributed by atoms with E-state index in [1.807, 2.05) is 0 Å². The molecule has 1 amide bonds. The maximum absolute atomic E-state index is 12.6. The number of hydrogen-bond donors (Lipinski definition) is 2. The van der Waals surface area contributed by atoms with Crippen molar-refractivity contribution in [1.82, 2.24) is 5.32 Å². The Hall–Kier alpha value is -2.02. The van der Waals surface area contributed by atoms with Crippen LogP contribution in [0.25, 0.3) is 0 Å². The van der Waals surface area contributed by atoms with Crippen LogP contribution in [0.5, 0.6) is 0 Å². The van der Waals surface area contributed by atoms with Crippen LogP contribution in [0.2, 0.25) is 0 Å². The van der Waals surface area contributed by atoms with Crippen LogP contribution in [-0.2, 0) is 11.3 Å². The van der Waals surface area contributed by atoms with E-state index in [0.717, 1.165) is 0 Å². The van der Waals surface area contributed by atoms with E-state index in [-0.39, 0.29) is 6.61 Å². The van der Waals surface area contributed by atoms with Gasteiger partial charge in [0.05, 0.1) is 0 Å². The van der Waals surface area contributed by atoms with Gasteiger partial charge >= 0.3 is 12.3 Å². The molecule has 0 saturated heterocycles. The normalized spacial score (nSPS) is 14.2. The number of benzene rings is 1. The van der Waals surface area contributed by atoms with Crippen LogP contribution >= 0.6 is 0 Å². The van der Waals surface area contributed by atoms with Gasteiger partial charge < -0.3 is 15.2 Å². The minimum Gasteiger partial charge on any atom is -0.445 e. The molecule has 2 atom stereocenters. The van der Waals surface area contributed by atoms with Crippen LogP contribution < -0.4 is 5.32 Å². The van der Waals surface area contributed by atoms with Crippen molar-refractivity contribution in [2.75, 3.05) is 0 Å². The Morgan fingerprint density at radius 3 is 2.50 bits per heavy atom. The van der Waals surface area contributed by atoms with Gasteiger partial charge in [0.2, 0.25) is 0 Å². The lowest BCUT2D eigenvalue weighted by atomic mass is 10.1. The van der Waals surface area contributed by atoms with Crippen LogP contribution in [0.3, 0.4) is 0 Å². The number of nitrogens with one attached hydrogen (secondary N) is 1. The fraction of sp³-hybridized carbons (Fsp3) is 0.308. The first-order valence-corrected chi connectivity index (χ1v) is 5.69. The lowest BCUT2D eigenvalue weighted by molar-refractivity contribution is -0.170. The average molecular weight is 289 g/mol. The van der Waals surface area contributed by atoms with Crippen molar-refractivity contribution in [3.05, 3.63) is 48.6 Å². The summed E-state index contributed by atoms with van der Waals surface area (Å²) in [6, 6.07) is 6.03. The highest BCUT2D eigenvalue weighted by atomic mass is 19.4. The smallest absolute Gasteiger partial charge is 0.411 e. The SMILES string of the molecule is C=C[C@H](O)[C@@H](NC(=O)OCc1ccccc1)C(F)(F)F. The number of aliphatic hydroxyl groups is 1. The molecule has 4 nitrogen and oxygen atoms in total. The van der Waals surface area contributed by atoms with E-state index in [1.54, 1.807) is 35.6 Å². The van der Waals surface area contributed by atoms with Crippen molar-refractivity contribution in [3.63, 3.8) is 0 Å². The number of hydrogen-bond acceptors (Lipinski definition) is 3. The lowest BCUT2D eigenvalue weighted by Gasteiger charge is -2.23. The number of halogens is 3. The molecule has 1 rings (SSSR count). The molecule has 110 valence electrons. The fourth-order valence-corrected chi connectivity index (χ4v) is 1.39. The maximum atomic E-state index is 12.6. The van der Waals surface area contributed by atoms with Crippen LogP contribution in [0.4, 0.5) is 18.0 Å². The predicted octanol–water partition coefficient (Wildman–Crippen LogP) is 2.39. The van der Waals surface area contributed by atoms with Gasteiger partial charge in [-0.3, -0.25) is 0 Å². The molecule has 0 spiro atoms. The van der Waals surface area contributed by atoms with E-state index in [9.17, 15) is 23.1 Å². The van der Waals surface area contributed by atoms with Crippen molar-refractivity contribution in [1.29, 1.82) is 0 Å². The number of rotatable bonds is 5. The quantitative estimate of drug-likeness (QED) is 0.818. The van der Waals surface area contributed by atoms with Gasteiger partial charge in [-0.25, -0.2) is 4.79 Å². The molecule has 1 aromatic rings. The number of alkyl halides is 3. The van der Waals surface area contributed by atoms with Gasteiger partial charge in [0.25, 0.3) is 0 Å². The molecular weight excluding hydrogens is 275 g/mol. The third-order valence-corrected chi connectivity index (χ3v) is 2.42. The minimum absolute atomic E-state index is 0.165. The van der Waals surface area contributed by atoms with Gasteiger partial charge in [0.15, 0.2) is 6.04 Å². The molecule has 0 radical (unpaired) electrons. The van der Waals surface area contributed by atoms with Crippen LogP contribution in [0.15, 0.2) is 43.0 Å². The molecule has 1 aromatic carbocycles. The van der Waals surface area contributed by atoms with Crippen molar-refractivity contribution in [2.45, 2.75) is 24.9 Å². The van der Waals surface area contributed by atoms with Crippen LogP contribution in [-0.4, -0.2) is 29.5 Å². The summed E-state index contributed by atoms with van der Waals surface area (Å²) < 4.78 is 42.5. The first-order valence-electron chi connectivity index (χ1n) is 5.69. The summed E-state index contributed by atoms with van der Waals surface area (Å²) >= 11 is 0. The van der Waals surface area contributed by atoms with Gasteiger partial charge in [-0.15, -0.1) is 6.58 Å². The van der Waals surface area contributed by atoms with Crippen molar-refractivity contribution >= 4 is 6.09 Å². The van der Waals surface area contributed by atoms with Crippen molar-refractivity contribution < 1.29 is 27.8 Å². The van der Waals surface area contributed by atoms with Crippen molar-refractivity contribution in [2.24, 2.45) is 0 Å². The highest BCUT2D eigenvalue weighted by molar-refractivity contribution is 5.67. The summed E-state index contributed by atoms with van der Waals surface area (Å²) in [5.74, 6) is 0. The Morgan fingerprint density at radius 1 is 1.40 bits per heavy atom. The minimum atomic E-state index is -4.81. The molecule has 0 unspecified atom stereocenters. The largest absolute Gasteiger partial charge is 0.445 e. The molecular formula is C13H14F3NO3. The first-order chi connectivity index (χ1) is 9.34. The third kappa shape index (κ3) is 4.93. The Bertz CT molecular complexity index is 448. The second-order valence-corrected chi connectivity index (χ2v) is 3.95. The summed E-state index contributed by atoms with van der Waals surface area (Å²) in [6.07, 6.45) is -7.33. The summed E-state index contributed by atoms with van der Waals surface area (Å²) in [5.41, 5.74) is 0.635. The Balaban J connectivity index is 2.56. The van der Waals surface area contributed by atoms with Gasteiger partial charge in [0.1, 0.15) is 12.7 Å². The number of aliphatic hydroxyl groups excluding tert-OH is 1. The average Bonchev–Trinajstić information content (AvgIpc) is 2.41. The second kappa shape index (κ2) is 6.95. The zero-order valence-corrected chi connectivity index (χ0v) is 10.4. The van der Waals surface area contributed by atoms with Gasteiger partial charge in [-0.05, 0) is 5.56 Å². The van der Waals surface area contributed by atoms with E-state index in [0.29, 0.717) is 11.6 Å². The Morgan fingerprint density at radius 2 is 2.00 bits per heavy atom. The van der Waals surface area contributed by atoms with Crippen LogP contribution in [0.1, 0.15) is 5.56 Å². The monoisotopic (exact) mass is 289 g/mol. The van der Waals surface area contributed by atoms with Crippen molar-refractivity contribution in [3.8, 4) is 0 Å². The molecule has 7 heteroatoms. The molecule has 0 aliphatic carbocycles. The Kier molecular flexibility index (Phi) is 5.57. The molecule has 0 saturated carbocycles. The molecule has 0 aliphatic heterocycles. The fourth-order valence-electron chi connectivity index (χ4n) is 1.39. The molecule has 2 N–H and O–H groups in total. The highest BCUT2D eigenvalue weighted by Crippen LogP contribution is 2.23. The Labute approximate surface area is 113 Å². The molecule has 0 aliphatic rings. The predicted molar refractivity (Wildman–Crippen MR) is 65.8 cm³/mol. The second-order valence-electron chi connectivity index (χ2n) is 3.95. The van der Waals surface area contributed by atoms with Gasteiger partial charge in [-0.1, -0.05) is 36.4 Å². The van der Waals surface area contributed by atoms with Crippen LogP contribution in [0, 0.1) is 0 Å². The number of carbonyl (C=O) groups excluding carboxylic acids is 1. The first kappa shape index (κ1) is 16.0. The maximum Gasteiger partial charge on any atom is 0.411 e.